The zero-order valence-corrected chi connectivity index (χ0v) is 11.6. The maximum atomic E-state index is 14.4. The summed E-state index contributed by atoms with van der Waals surface area (Å²) < 4.78 is 14.4. The van der Waals surface area contributed by atoms with Crippen LogP contribution in [0.2, 0.25) is 0 Å². The highest BCUT2D eigenvalue weighted by molar-refractivity contribution is 6.03. The van der Waals surface area contributed by atoms with E-state index in [9.17, 15) is 9.18 Å². The molecule has 0 aliphatic carbocycles. The first-order valence-corrected chi connectivity index (χ1v) is 6.78. The molecule has 0 radical (unpaired) electrons. The van der Waals surface area contributed by atoms with Crippen LogP contribution in [0.25, 0.3) is 0 Å². The van der Waals surface area contributed by atoms with Crippen molar-refractivity contribution in [3.05, 3.63) is 53.8 Å². The molecule has 4 nitrogen and oxygen atoms in total. The number of hydrogen-bond donors (Lipinski definition) is 2. The minimum absolute atomic E-state index is 0.0671. The molecule has 0 saturated heterocycles. The van der Waals surface area contributed by atoms with Gasteiger partial charge in [-0.15, -0.1) is 0 Å². The number of anilines is 3. The van der Waals surface area contributed by atoms with Crippen LogP contribution < -0.4 is 16.0 Å². The Labute approximate surface area is 122 Å². The zero-order valence-electron chi connectivity index (χ0n) is 11.6. The minimum atomic E-state index is -0.380. The van der Waals surface area contributed by atoms with Crippen LogP contribution >= 0.6 is 0 Å². The van der Waals surface area contributed by atoms with Gasteiger partial charge in [0.05, 0.1) is 17.1 Å². The topological polar surface area (TPSA) is 58.4 Å². The van der Waals surface area contributed by atoms with Crippen LogP contribution in [-0.4, -0.2) is 12.5 Å². The highest BCUT2D eigenvalue weighted by atomic mass is 19.1. The first-order valence-electron chi connectivity index (χ1n) is 6.78. The van der Waals surface area contributed by atoms with E-state index < -0.39 is 0 Å². The summed E-state index contributed by atoms with van der Waals surface area (Å²) in [6, 6.07) is 11.8. The normalized spacial score (nSPS) is 15.4. The molecule has 1 heterocycles. The number of nitrogens with zero attached hydrogens (tertiary/aromatic N) is 1. The lowest BCUT2D eigenvalue weighted by atomic mass is 10.0. The Hall–Kier alpha value is -2.40. The van der Waals surface area contributed by atoms with Crippen molar-refractivity contribution < 1.29 is 9.18 Å². The van der Waals surface area contributed by atoms with Gasteiger partial charge in [-0.1, -0.05) is 24.3 Å². The predicted octanol–water partition coefficient (Wildman–Crippen LogP) is 2.94. The number of benzene rings is 2. The van der Waals surface area contributed by atoms with Crippen LogP contribution in [0, 0.1) is 5.82 Å². The molecular weight excluding hydrogens is 269 g/mol. The third-order valence-electron chi connectivity index (χ3n) is 3.55. The van der Waals surface area contributed by atoms with Crippen LogP contribution in [0.4, 0.5) is 21.5 Å². The van der Waals surface area contributed by atoms with Crippen LogP contribution in [0.3, 0.4) is 0 Å². The van der Waals surface area contributed by atoms with Gasteiger partial charge in [-0.2, -0.15) is 0 Å². The molecule has 1 aliphatic heterocycles. The first kappa shape index (κ1) is 13.6. The fourth-order valence-corrected chi connectivity index (χ4v) is 2.62. The van der Waals surface area contributed by atoms with Gasteiger partial charge in [0.25, 0.3) is 0 Å². The maximum absolute atomic E-state index is 14.4. The highest BCUT2D eigenvalue weighted by Gasteiger charge is 2.27. The lowest BCUT2D eigenvalue weighted by molar-refractivity contribution is -0.115. The van der Waals surface area contributed by atoms with E-state index in [0.717, 1.165) is 5.69 Å². The van der Waals surface area contributed by atoms with Crippen LogP contribution in [-0.2, 0) is 4.79 Å². The molecule has 108 valence electrons. The predicted molar refractivity (Wildman–Crippen MR) is 81.1 cm³/mol. The van der Waals surface area contributed by atoms with Gasteiger partial charge in [0.1, 0.15) is 12.4 Å². The molecule has 5 heteroatoms. The van der Waals surface area contributed by atoms with E-state index in [1.165, 1.54) is 6.07 Å². The maximum Gasteiger partial charge on any atom is 0.244 e. The minimum Gasteiger partial charge on any atom is -0.328 e. The van der Waals surface area contributed by atoms with Crippen molar-refractivity contribution in [2.75, 3.05) is 16.8 Å². The summed E-state index contributed by atoms with van der Waals surface area (Å²) >= 11 is 0. The standard InChI is InChI=1S/C16H16FN3O/c1-10(18)11-5-4-6-12(17)16(11)20-9-15(21)19-13-7-2-3-8-14(13)20/h2-8,10H,9,18H2,1H3,(H,19,21)/t10-/m1/s1. The van der Waals surface area contributed by atoms with Gasteiger partial charge in [0.2, 0.25) is 5.91 Å². The summed E-state index contributed by atoms with van der Waals surface area (Å²) in [5, 5.41) is 2.79. The van der Waals surface area contributed by atoms with Gasteiger partial charge in [0, 0.05) is 6.04 Å². The second-order valence-electron chi connectivity index (χ2n) is 5.12. The Morgan fingerprint density at radius 1 is 1.24 bits per heavy atom. The Bertz CT molecular complexity index is 700. The highest BCUT2D eigenvalue weighted by Crippen LogP contribution is 2.39. The van der Waals surface area contributed by atoms with Crippen LogP contribution in [0.1, 0.15) is 18.5 Å². The van der Waals surface area contributed by atoms with Crippen molar-refractivity contribution >= 4 is 23.0 Å². The van der Waals surface area contributed by atoms with Crippen molar-refractivity contribution in [3.63, 3.8) is 0 Å². The summed E-state index contributed by atoms with van der Waals surface area (Å²) in [7, 11) is 0. The van der Waals surface area contributed by atoms with E-state index in [1.54, 1.807) is 30.0 Å². The molecule has 3 N–H and O–H groups in total. The summed E-state index contributed by atoms with van der Waals surface area (Å²) in [5.41, 5.74) is 8.44. The number of amides is 1. The molecule has 0 unspecified atom stereocenters. The second kappa shape index (κ2) is 5.18. The number of rotatable bonds is 2. The number of halogens is 1. The van der Waals surface area contributed by atoms with E-state index in [1.807, 2.05) is 18.2 Å². The average molecular weight is 285 g/mol. The number of nitrogens with two attached hydrogens (primary N) is 1. The molecule has 1 atom stereocenters. The van der Waals surface area contributed by atoms with E-state index in [2.05, 4.69) is 5.32 Å². The number of fused-ring (bicyclic) bond motifs is 1. The molecule has 0 bridgehead atoms. The van der Waals surface area contributed by atoms with E-state index in [4.69, 9.17) is 5.73 Å². The van der Waals surface area contributed by atoms with Crippen molar-refractivity contribution in [2.45, 2.75) is 13.0 Å². The van der Waals surface area contributed by atoms with Gasteiger partial charge in [-0.3, -0.25) is 4.79 Å². The summed E-state index contributed by atoms with van der Waals surface area (Å²) in [5.74, 6) is -0.554. The molecular formula is C16H16FN3O. The molecule has 3 rings (SSSR count). The summed E-state index contributed by atoms with van der Waals surface area (Å²) in [6.45, 7) is 1.87. The van der Waals surface area contributed by atoms with Gasteiger partial charge in [0.15, 0.2) is 0 Å². The third kappa shape index (κ3) is 2.36. The molecule has 1 amide bonds. The molecule has 2 aromatic rings. The molecule has 21 heavy (non-hydrogen) atoms. The molecule has 0 saturated carbocycles. The van der Waals surface area contributed by atoms with Crippen molar-refractivity contribution in [2.24, 2.45) is 5.73 Å². The zero-order chi connectivity index (χ0) is 15.0. The Kier molecular flexibility index (Phi) is 3.35. The third-order valence-corrected chi connectivity index (χ3v) is 3.55. The SMILES string of the molecule is C[C@@H](N)c1cccc(F)c1N1CC(=O)Nc2ccccc21. The van der Waals surface area contributed by atoms with Crippen molar-refractivity contribution in [1.29, 1.82) is 0 Å². The molecule has 0 spiro atoms. The summed E-state index contributed by atoms with van der Waals surface area (Å²) in [6.07, 6.45) is 0. The lowest BCUT2D eigenvalue weighted by Crippen LogP contribution is -2.36. The average Bonchev–Trinajstić information content (AvgIpc) is 2.46. The van der Waals surface area contributed by atoms with Gasteiger partial charge < -0.3 is 16.0 Å². The lowest BCUT2D eigenvalue weighted by Gasteiger charge is -2.33. The van der Waals surface area contributed by atoms with Crippen molar-refractivity contribution in [3.8, 4) is 0 Å². The first-order chi connectivity index (χ1) is 10.1. The molecule has 0 fully saturated rings. The number of para-hydroxylation sites is 3. The van der Waals surface area contributed by atoms with Gasteiger partial charge in [-0.05, 0) is 30.7 Å². The smallest absolute Gasteiger partial charge is 0.244 e. The summed E-state index contributed by atoms with van der Waals surface area (Å²) in [4.78, 5) is 13.6. The number of nitrogens with one attached hydrogen (secondary N) is 1. The molecule has 2 aromatic carbocycles. The Balaban J connectivity index is 2.20. The number of hydrogen-bond acceptors (Lipinski definition) is 3. The van der Waals surface area contributed by atoms with Crippen LogP contribution in [0.15, 0.2) is 42.5 Å². The second-order valence-corrected chi connectivity index (χ2v) is 5.12. The monoisotopic (exact) mass is 285 g/mol. The quantitative estimate of drug-likeness (QED) is 0.892. The van der Waals surface area contributed by atoms with E-state index in [-0.39, 0.29) is 24.3 Å². The largest absolute Gasteiger partial charge is 0.328 e. The molecule has 0 aromatic heterocycles. The van der Waals surface area contributed by atoms with Crippen molar-refractivity contribution in [1.82, 2.24) is 0 Å². The van der Waals surface area contributed by atoms with Gasteiger partial charge >= 0.3 is 0 Å². The fourth-order valence-electron chi connectivity index (χ4n) is 2.62. The number of carbonyl (C=O) groups is 1. The van der Waals surface area contributed by atoms with Crippen LogP contribution in [0.5, 0.6) is 0 Å². The number of carbonyl (C=O) groups excluding carboxylic acids is 1. The Morgan fingerprint density at radius 3 is 2.76 bits per heavy atom. The molecule has 1 aliphatic rings. The van der Waals surface area contributed by atoms with E-state index in [0.29, 0.717) is 16.9 Å². The fraction of sp³-hybridized carbons (Fsp3) is 0.188. The van der Waals surface area contributed by atoms with Gasteiger partial charge in [-0.25, -0.2) is 4.39 Å². The Morgan fingerprint density at radius 2 is 2.00 bits per heavy atom. The van der Waals surface area contributed by atoms with E-state index >= 15 is 0 Å².